The Morgan fingerprint density at radius 2 is 1.93 bits per heavy atom. The van der Waals surface area contributed by atoms with Gasteiger partial charge in [-0.05, 0) is 42.8 Å². The molecular formula is C21H24N4OS. The molecule has 1 fully saturated rings. The molecule has 0 radical (unpaired) electrons. The predicted molar refractivity (Wildman–Crippen MR) is 115 cm³/mol. The van der Waals surface area contributed by atoms with Crippen LogP contribution in [0.15, 0.2) is 47.5 Å². The summed E-state index contributed by atoms with van der Waals surface area (Å²) in [5.74, 6) is 2.57. The average Bonchev–Trinajstić information content (AvgIpc) is 2.99. The van der Waals surface area contributed by atoms with Crippen molar-refractivity contribution in [1.82, 2.24) is 9.88 Å². The normalized spacial score (nSPS) is 16.1. The summed E-state index contributed by atoms with van der Waals surface area (Å²) < 4.78 is 0. The molecule has 2 aromatic carbocycles. The first-order valence-corrected chi connectivity index (χ1v) is 10.3. The molecule has 0 aliphatic carbocycles. The third-order valence-corrected chi connectivity index (χ3v) is 5.85. The van der Waals surface area contributed by atoms with Crippen LogP contribution in [0.25, 0.3) is 10.9 Å². The molecule has 1 aliphatic rings. The zero-order valence-electron chi connectivity index (χ0n) is 15.4. The number of rotatable bonds is 4. The number of aromatic hydroxyl groups is 1. The molecule has 27 heavy (non-hydrogen) atoms. The number of H-pyrrole nitrogens is 1. The highest BCUT2D eigenvalue weighted by Crippen LogP contribution is 2.30. The van der Waals surface area contributed by atoms with Crippen molar-refractivity contribution in [2.45, 2.75) is 13.5 Å². The molecule has 1 aromatic heterocycles. The summed E-state index contributed by atoms with van der Waals surface area (Å²) in [6.07, 6.45) is 0. The minimum atomic E-state index is 0.122. The van der Waals surface area contributed by atoms with Crippen LogP contribution in [0.1, 0.15) is 18.1 Å². The quantitative estimate of drug-likeness (QED) is 0.469. The van der Waals surface area contributed by atoms with Crippen molar-refractivity contribution >= 4 is 39.8 Å². The molecule has 6 heteroatoms. The number of hydrogen-bond acceptors (Lipinski definition) is 5. The summed E-state index contributed by atoms with van der Waals surface area (Å²) in [6, 6.07) is 13.9. The van der Waals surface area contributed by atoms with Crippen LogP contribution in [0.2, 0.25) is 0 Å². The number of fused-ring (bicyclic) bond motifs is 1. The second-order valence-corrected chi connectivity index (χ2v) is 8.13. The maximum atomic E-state index is 10.3. The third kappa shape index (κ3) is 3.96. The number of nitrogen functional groups attached to an aromatic ring is 1. The average molecular weight is 381 g/mol. The Bertz CT molecular complexity index is 972. The van der Waals surface area contributed by atoms with Crippen molar-refractivity contribution in [1.29, 1.82) is 0 Å². The van der Waals surface area contributed by atoms with E-state index in [-0.39, 0.29) is 5.88 Å². The number of aromatic nitrogens is 1. The van der Waals surface area contributed by atoms with Crippen molar-refractivity contribution in [3.63, 3.8) is 0 Å². The van der Waals surface area contributed by atoms with Crippen LogP contribution in [0, 0.1) is 0 Å². The van der Waals surface area contributed by atoms with Gasteiger partial charge in [0.2, 0.25) is 0 Å². The number of nitrogens with one attached hydrogen (secondary N) is 1. The van der Waals surface area contributed by atoms with E-state index in [1.165, 1.54) is 17.1 Å². The van der Waals surface area contributed by atoms with E-state index in [0.717, 1.165) is 41.9 Å². The molecule has 4 rings (SSSR count). The van der Waals surface area contributed by atoms with Gasteiger partial charge in [-0.25, -0.2) is 0 Å². The molecule has 140 valence electrons. The van der Waals surface area contributed by atoms with Crippen LogP contribution < -0.4 is 5.73 Å². The Hall–Kier alpha value is -2.44. The molecule has 1 aliphatic heterocycles. The van der Waals surface area contributed by atoms with Crippen molar-refractivity contribution in [3.8, 4) is 5.88 Å². The van der Waals surface area contributed by atoms with E-state index in [4.69, 9.17) is 10.7 Å². The first kappa shape index (κ1) is 17.9. The Morgan fingerprint density at radius 3 is 2.67 bits per heavy atom. The van der Waals surface area contributed by atoms with Crippen LogP contribution in [0.3, 0.4) is 0 Å². The van der Waals surface area contributed by atoms with Gasteiger partial charge in [-0.1, -0.05) is 12.1 Å². The Morgan fingerprint density at radius 1 is 1.19 bits per heavy atom. The largest absolute Gasteiger partial charge is 0.494 e. The van der Waals surface area contributed by atoms with Gasteiger partial charge in [-0.2, -0.15) is 11.8 Å². The number of benzene rings is 2. The van der Waals surface area contributed by atoms with Gasteiger partial charge >= 0.3 is 0 Å². The third-order valence-electron chi connectivity index (χ3n) is 4.91. The van der Waals surface area contributed by atoms with E-state index in [1.54, 1.807) is 0 Å². The SMILES string of the molecule is CC(=Nc1ccc(CN2CCSCC2)cc1)c1c(O)[nH]c2ccc(N)cc12. The molecule has 3 aromatic rings. The van der Waals surface area contributed by atoms with Gasteiger partial charge in [-0.15, -0.1) is 0 Å². The van der Waals surface area contributed by atoms with E-state index in [9.17, 15) is 5.11 Å². The van der Waals surface area contributed by atoms with E-state index >= 15 is 0 Å². The smallest absolute Gasteiger partial charge is 0.198 e. The molecule has 0 amide bonds. The van der Waals surface area contributed by atoms with Gasteiger partial charge in [0.25, 0.3) is 0 Å². The zero-order chi connectivity index (χ0) is 18.8. The minimum absolute atomic E-state index is 0.122. The molecule has 0 atom stereocenters. The molecule has 0 saturated carbocycles. The van der Waals surface area contributed by atoms with Crippen molar-refractivity contribution in [2.24, 2.45) is 4.99 Å². The molecular weight excluding hydrogens is 356 g/mol. The summed E-state index contributed by atoms with van der Waals surface area (Å²) in [6.45, 7) is 5.22. The molecule has 2 heterocycles. The van der Waals surface area contributed by atoms with E-state index in [2.05, 4.69) is 22.0 Å². The molecule has 0 bridgehead atoms. The summed E-state index contributed by atoms with van der Waals surface area (Å²) in [5, 5.41) is 11.2. The fourth-order valence-corrected chi connectivity index (χ4v) is 4.48. The van der Waals surface area contributed by atoms with Crippen LogP contribution in [0.4, 0.5) is 11.4 Å². The van der Waals surface area contributed by atoms with Crippen LogP contribution >= 0.6 is 11.8 Å². The Kier molecular flexibility index (Phi) is 5.09. The predicted octanol–water partition coefficient (Wildman–Crippen LogP) is 4.15. The second-order valence-electron chi connectivity index (χ2n) is 6.91. The van der Waals surface area contributed by atoms with Crippen molar-refractivity contribution < 1.29 is 5.11 Å². The number of nitrogens with zero attached hydrogens (tertiary/aromatic N) is 2. The second kappa shape index (κ2) is 7.66. The maximum absolute atomic E-state index is 10.3. The standard InChI is InChI=1S/C21H24N4OS/c1-14(20-18-12-16(22)4-7-19(18)24-21(20)26)23-17-5-2-15(3-6-17)13-25-8-10-27-11-9-25/h2-7,12,24,26H,8-11,13,22H2,1H3. The Balaban J connectivity index is 1.56. The van der Waals surface area contributed by atoms with Crippen molar-refractivity contribution in [3.05, 3.63) is 53.6 Å². The number of aliphatic imine (C=N–C) groups is 1. The summed E-state index contributed by atoms with van der Waals surface area (Å²) in [5.41, 5.74) is 11.1. The summed E-state index contributed by atoms with van der Waals surface area (Å²) >= 11 is 2.03. The zero-order valence-corrected chi connectivity index (χ0v) is 16.2. The lowest BCUT2D eigenvalue weighted by Crippen LogP contribution is -2.31. The van der Waals surface area contributed by atoms with Gasteiger partial charge in [-0.3, -0.25) is 9.89 Å². The maximum Gasteiger partial charge on any atom is 0.198 e. The van der Waals surface area contributed by atoms with Crippen LogP contribution in [-0.2, 0) is 6.54 Å². The number of hydrogen-bond donors (Lipinski definition) is 3. The van der Waals surface area contributed by atoms with Crippen LogP contribution in [-0.4, -0.2) is 45.3 Å². The lowest BCUT2D eigenvalue weighted by Gasteiger charge is -2.26. The van der Waals surface area contributed by atoms with E-state index in [1.807, 2.05) is 49.0 Å². The fraction of sp³-hybridized carbons (Fsp3) is 0.286. The molecule has 1 saturated heterocycles. The molecule has 0 spiro atoms. The topological polar surface area (TPSA) is 77.6 Å². The van der Waals surface area contributed by atoms with Crippen molar-refractivity contribution in [2.75, 3.05) is 30.3 Å². The highest BCUT2D eigenvalue weighted by Gasteiger charge is 2.14. The molecule has 0 unspecified atom stereocenters. The number of nitrogens with two attached hydrogens (primary N) is 1. The van der Waals surface area contributed by atoms with Gasteiger partial charge in [0.15, 0.2) is 5.88 Å². The van der Waals surface area contributed by atoms with Gasteiger partial charge < -0.3 is 15.8 Å². The number of aromatic amines is 1. The first-order valence-electron chi connectivity index (χ1n) is 9.15. The summed E-state index contributed by atoms with van der Waals surface area (Å²) in [7, 11) is 0. The fourth-order valence-electron chi connectivity index (χ4n) is 3.50. The molecule has 4 N–H and O–H groups in total. The van der Waals surface area contributed by atoms with Gasteiger partial charge in [0, 0.05) is 47.7 Å². The van der Waals surface area contributed by atoms with E-state index in [0.29, 0.717) is 11.3 Å². The first-order chi connectivity index (χ1) is 13.1. The highest BCUT2D eigenvalue weighted by molar-refractivity contribution is 7.99. The van der Waals surface area contributed by atoms with E-state index < -0.39 is 0 Å². The van der Waals surface area contributed by atoms with Gasteiger partial charge in [0.1, 0.15) is 0 Å². The lowest BCUT2D eigenvalue weighted by molar-refractivity contribution is 0.294. The van der Waals surface area contributed by atoms with Gasteiger partial charge in [0.05, 0.1) is 17.0 Å². The molecule has 5 nitrogen and oxygen atoms in total. The monoisotopic (exact) mass is 380 g/mol. The highest BCUT2D eigenvalue weighted by atomic mass is 32.2. The minimum Gasteiger partial charge on any atom is -0.494 e. The van der Waals surface area contributed by atoms with Crippen LogP contribution in [0.5, 0.6) is 5.88 Å². The number of anilines is 1. The lowest BCUT2D eigenvalue weighted by atomic mass is 10.1. The summed E-state index contributed by atoms with van der Waals surface area (Å²) in [4.78, 5) is 10.2. The Labute approximate surface area is 163 Å². The number of thioether (sulfide) groups is 1.